The molecule has 96 valence electrons. The van der Waals surface area contributed by atoms with Gasteiger partial charge in [-0.3, -0.25) is 4.79 Å². The summed E-state index contributed by atoms with van der Waals surface area (Å²) in [6.45, 7) is 4.21. The third-order valence-electron chi connectivity index (χ3n) is 4.01. The Bertz CT molecular complexity index is 498. The van der Waals surface area contributed by atoms with Crippen LogP contribution in [0.15, 0.2) is 17.0 Å². The van der Waals surface area contributed by atoms with Crippen molar-refractivity contribution in [1.29, 1.82) is 0 Å². The molecule has 2 aliphatic rings. The minimum atomic E-state index is 0.204. The van der Waals surface area contributed by atoms with E-state index in [1.165, 1.54) is 35.3 Å². The number of benzene rings is 1. The van der Waals surface area contributed by atoms with E-state index >= 15 is 0 Å². The number of rotatable bonds is 0. The number of thioether (sulfide) groups is 1. The molecule has 2 nitrogen and oxygen atoms in total. The molecule has 1 fully saturated rings. The zero-order valence-electron chi connectivity index (χ0n) is 11.0. The first-order chi connectivity index (χ1) is 8.65. The van der Waals surface area contributed by atoms with Crippen LogP contribution in [0.5, 0.6) is 0 Å². The molecule has 0 bridgehead atoms. The number of anilines is 1. The molecule has 1 aromatic rings. The maximum atomic E-state index is 12.3. The number of aryl methyl sites for hydroxylation is 2. The van der Waals surface area contributed by atoms with Crippen molar-refractivity contribution in [2.75, 3.05) is 5.32 Å². The minimum absolute atomic E-state index is 0.204. The summed E-state index contributed by atoms with van der Waals surface area (Å²) in [5.74, 6) is 0.439. The van der Waals surface area contributed by atoms with Crippen molar-refractivity contribution in [3.05, 3.63) is 23.3 Å². The molecule has 1 N–H and O–H groups in total. The van der Waals surface area contributed by atoms with Gasteiger partial charge in [0.05, 0.1) is 11.6 Å². The first-order valence-electron chi connectivity index (χ1n) is 6.74. The van der Waals surface area contributed by atoms with E-state index in [9.17, 15) is 4.79 Å². The van der Waals surface area contributed by atoms with E-state index in [0.29, 0.717) is 5.25 Å². The van der Waals surface area contributed by atoms with Crippen molar-refractivity contribution in [2.24, 2.45) is 5.92 Å². The lowest BCUT2D eigenvalue weighted by Gasteiger charge is -2.27. The third kappa shape index (κ3) is 2.05. The zero-order chi connectivity index (χ0) is 12.7. The Kier molecular flexibility index (Phi) is 3.10. The molecule has 1 aromatic carbocycles. The maximum Gasteiger partial charge on any atom is 0.228 e. The van der Waals surface area contributed by atoms with E-state index in [1.54, 1.807) is 0 Å². The van der Waals surface area contributed by atoms with E-state index in [2.05, 4.69) is 31.3 Å². The van der Waals surface area contributed by atoms with Gasteiger partial charge in [-0.05, 0) is 43.9 Å². The molecule has 18 heavy (non-hydrogen) atoms. The summed E-state index contributed by atoms with van der Waals surface area (Å²) in [7, 11) is 0. The third-order valence-corrected chi connectivity index (χ3v) is 5.45. The normalized spacial score (nSPS) is 26.9. The maximum absolute atomic E-state index is 12.3. The molecule has 1 amide bonds. The van der Waals surface area contributed by atoms with Gasteiger partial charge in [-0.2, -0.15) is 0 Å². The van der Waals surface area contributed by atoms with Crippen LogP contribution in [0.3, 0.4) is 0 Å². The van der Waals surface area contributed by atoms with Crippen molar-refractivity contribution in [3.63, 3.8) is 0 Å². The first-order valence-corrected chi connectivity index (χ1v) is 7.62. The summed E-state index contributed by atoms with van der Waals surface area (Å²) in [4.78, 5) is 13.6. The van der Waals surface area contributed by atoms with Gasteiger partial charge >= 0.3 is 0 Å². The molecular formula is C15H19NOS. The van der Waals surface area contributed by atoms with Crippen LogP contribution in [0.25, 0.3) is 0 Å². The summed E-state index contributed by atoms with van der Waals surface area (Å²) in [5, 5.41) is 3.63. The molecule has 2 atom stereocenters. The predicted molar refractivity (Wildman–Crippen MR) is 76.1 cm³/mol. The Morgan fingerprint density at radius 3 is 2.83 bits per heavy atom. The molecule has 0 saturated heterocycles. The van der Waals surface area contributed by atoms with Gasteiger partial charge in [0.25, 0.3) is 0 Å². The van der Waals surface area contributed by atoms with Crippen molar-refractivity contribution < 1.29 is 4.79 Å². The van der Waals surface area contributed by atoms with E-state index < -0.39 is 0 Å². The van der Waals surface area contributed by atoms with Gasteiger partial charge < -0.3 is 5.32 Å². The average molecular weight is 261 g/mol. The molecule has 1 aliphatic carbocycles. The van der Waals surface area contributed by atoms with Crippen LogP contribution < -0.4 is 5.32 Å². The van der Waals surface area contributed by atoms with Crippen molar-refractivity contribution in [3.8, 4) is 0 Å². The summed E-state index contributed by atoms with van der Waals surface area (Å²) in [6.07, 6.45) is 4.69. The Hall–Kier alpha value is -0.960. The van der Waals surface area contributed by atoms with Crippen molar-refractivity contribution in [2.45, 2.75) is 49.7 Å². The smallest absolute Gasteiger partial charge is 0.228 e. The monoisotopic (exact) mass is 261 g/mol. The van der Waals surface area contributed by atoms with Crippen molar-refractivity contribution in [1.82, 2.24) is 0 Å². The first kappa shape index (κ1) is 12.1. The number of carbonyl (C=O) groups excluding carboxylic acids is 1. The highest BCUT2D eigenvalue weighted by atomic mass is 32.2. The quantitative estimate of drug-likeness (QED) is 0.767. The van der Waals surface area contributed by atoms with Crippen LogP contribution in [0.4, 0.5) is 5.69 Å². The summed E-state index contributed by atoms with van der Waals surface area (Å²) < 4.78 is 0. The Morgan fingerprint density at radius 2 is 2.00 bits per heavy atom. The largest absolute Gasteiger partial charge is 0.325 e. The molecular weight excluding hydrogens is 242 g/mol. The second-order valence-corrected chi connectivity index (χ2v) is 6.77. The SMILES string of the molecule is Cc1cc(C)c2c(c1)SC1CCCCC1C(=O)N2. The molecule has 1 saturated carbocycles. The average Bonchev–Trinajstić information content (AvgIpc) is 2.47. The van der Waals surface area contributed by atoms with Gasteiger partial charge in [-0.1, -0.05) is 18.9 Å². The molecule has 3 heteroatoms. The highest BCUT2D eigenvalue weighted by Gasteiger charge is 2.35. The zero-order valence-corrected chi connectivity index (χ0v) is 11.8. The number of hydrogen-bond acceptors (Lipinski definition) is 2. The second kappa shape index (κ2) is 4.61. The molecule has 1 aliphatic heterocycles. The van der Waals surface area contributed by atoms with Gasteiger partial charge in [-0.25, -0.2) is 0 Å². The highest BCUT2D eigenvalue weighted by molar-refractivity contribution is 8.00. The van der Waals surface area contributed by atoms with E-state index in [0.717, 1.165) is 12.1 Å². The Morgan fingerprint density at radius 1 is 1.22 bits per heavy atom. The predicted octanol–water partition coefficient (Wildman–Crippen LogP) is 3.91. The van der Waals surface area contributed by atoms with E-state index in [-0.39, 0.29) is 11.8 Å². The standard InChI is InChI=1S/C15H19NOS/c1-9-7-10(2)14-13(8-9)18-12-6-4-3-5-11(12)15(17)16-14/h7-8,11-12H,3-6H2,1-2H3,(H,16,17). The molecule has 2 unspecified atom stereocenters. The fourth-order valence-electron chi connectivity index (χ4n) is 3.10. The minimum Gasteiger partial charge on any atom is -0.325 e. The summed E-state index contributed by atoms with van der Waals surface area (Å²) in [5.41, 5.74) is 3.51. The van der Waals surface area contributed by atoms with Crippen LogP contribution in [0.1, 0.15) is 36.8 Å². The van der Waals surface area contributed by atoms with E-state index in [1.807, 2.05) is 11.8 Å². The van der Waals surface area contributed by atoms with Gasteiger partial charge in [0, 0.05) is 10.1 Å². The highest BCUT2D eigenvalue weighted by Crippen LogP contribution is 2.44. The second-order valence-electron chi connectivity index (χ2n) is 5.49. The van der Waals surface area contributed by atoms with Crippen molar-refractivity contribution >= 4 is 23.4 Å². The fraction of sp³-hybridized carbons (Fsp3) is 0.533. The van der Waals surface area contributed by atoms with Gasteiger partial charge in [-0.15, -0.1) is 11.8 Å². The summed E-state index contributed by atoms with van der Waals surface area (Å²) >= 11 is 1.91. The molecule has 1 heterocycles. The molecule has 0 spiro atoms. The summed E-state index contributed by atoms with van der Waals surface area (Å²) in [6, 6.07) is 4.36. The number of nitrogens with one attached hydrogen (secondary N) is 1. The Balaban J connectivity index is 2.03. The molecule has 3 rings (SSSR count). The number of hydrogen-bond donors (Lipinski definition) is 1. The molecule has 0 aromatic heterocycles. The van der Waals surface area contributed by atoms with Crippen LogP contribution in [0, 0.1) is 19.8 Å². The van der Waals surface area contributed by atoms with E-state index in [4.69, 9.17) is 0 Å². The molecule has 0 radical (unpaired) electrons. The van der Waals surface area contributed by atoms with Crippen LogP contribution in [-0.4, -0.2) is 11.2 Å². The van der Waals surface area contributed by atoms with Gasteiger partial charge in [0.1, 0.15) is 0 Å². The number of amides is 1. The van der Waals surface area contributed by atoms with Crippen LogP contribution in [0.2, 0.25) is 0 Å². The van der Waals surface area contributed by atoms with Gasteiger partial charge in [0.15, 0.2) is 0 Å². The van der Waals surface area contributed by atoms with Crippen LogP contribution in [-0.2, 0) is 4.79 Å². The Labute approximate surface area is 113 Å². The fourth-order valence-corrected chi connectivity index (χ4v) is 4.72. The van der Waals surface area contributed by atoms with Crippen LogP contribution >= 0.6 is 11.8 Å². The lowest BCUT2D eigenvalue weighted by Crippen LogP contribution is -2.31. The lowest BCUT2D eigenvalue weighted by atomic mass is 9.88. The number of carbonyl (C=O) groups is 1. The lowest BCUT2D eigenvalue weighted by molar-refractivity contribution is -0.120. The van der Waals surface area contributed by atoms with Gasteiger partial charge in [0.2, 0.25) is 5.91 Å². The topological polar surface area (TPSA) is 29.1 Å². The number of fused-ring (bicyclic) bond motifs is 2.